The number of hydrogen-bond acceptors (Lipinski definition) is 5. The first-order valence-electron chi connectivity index (χ1n) is 5.18. The lowest BCUT2D eigenvalue weighted by molar-refractivity contribution is -0.146. The van der Waals surface area contributed by atoms with Crippen molar-refractivity contribution in [3.05, 3.63) is 0 Å². The number of carbonyl (C=O) groups excluding carboxylic acids is 3. The second-order valence-electron chi connectivity index (χ2n) is 3.59. The summed E-state index contributed by atoms with van der Waals surface area (Å²) in [4.78, 5) is 35.1. The molecule has 0 aromatic rings. The second kappa shape index (κ2) is 7.61. The largest absolute Gasteiger partial charge is 0.468 e. The molecular formula is C10H19N3O4. The highest BCUT2D eigenvalue weighted by Crippen LogP contribution is 1.93. The van der Waals surface area contributed by atoms with Crippen LogP contribution in [-0.4, -0.2) is 63.0 Å². The van der Waals surface area contributed by atoms with E-state index in [1.54, 1.807) is 14.0 Å². The summed E-state index contributed by atoms with van der Waals surface area (Å²) < 4.78 is 4.44. The van der Waals surface area contributed by atoms with Crippen molar-refractivity contribution >= 4 is 17.8 Å². The van der Waals surface area contributed by atoms with Gasteiger partial charge in [-0.05, 0) is 14.0 Å². The molecular weight excluding hydrogens is 226 g/mol. The SMILES string of the molecule is CNCC(=O)NC(C)C(=O)N(C)CC(=O)OC. The summed E-state index contributed by atoms with van der Waals surface area (Å²) in [5.41, 5.74) is 0. The third-order valence-corrected chi connectivity index (χ3v) is 2.06. The van der Waals surface area contributed by atoms with Gasteiger partial charge < -0.3 is 20.3 Å². The zero-order chi connectivity index (χ0) is 13.4. The molecule has 7 nitrogen and oxygen atoms in total. The van der Waals surface area contributed by atoms with E-state index < -0.39 is 12.0 Å². The number of rotatable bonds is 6. The van der Waals surface area contributed by atoms with E-state index in [9.17, 15) is 14.4 Å². The van der Waals surface area contributed by atoms with Gasteiger partial charge in [-0.25, -0.2) is 0 Å². The average Bonchev–Trinajstić information content (AvgIpc) is 2.27. The van der Waals surface area contributed by atoms with Gasteiger partial charge in [-0.2, -0.15) is 0 Å². The Hall–Kier alpha value is -1.63. The maximum absolute atomic E-state index is 11.7. The summed E-state index contributed by atoms with van der Waals surface area (Å²) in [6.07, 6.45) is 0. The van der Waals surface area contributed by atoms with Gasteiger partial charge in [-0.1, -0.05) is 0 Å². The Bertz CT molecular complexity index is 293. The van der Waals surface area contributed by atoms with Gasteiger partial charge in [0.05, 0.1) is 13.7 Å². The Morgan fingerprint density at radius 2 is 1.94 bits per heavy atom. The zero-order valence-corrected chi connectivity index (χ0v) is 10.6. The van der Waals surface area contributed by atoms with Crippen LogP contribution in [0.15, 0.2) is 0 Å². The van der Waals surface area contributed by atoms with Crippen LogP contribution in [0.2, 0.25) is 0 Å². The number of amides is 2. The minimum Gasteiger partial charge on any atom is -0.468 e. The summed E-state index contributed by atoms with van der Waals surface area (Å²) >= 11 is 0. The summed E-state index contributed by atoms with van der Waals surface area (Å²) in [6.45, 7) is 1.56. The topological polar surface area (TPSA) is 87.7 Å². The summed E-state index contributed by atoms with van der Waals surface area (Å²) in [6, 6.07) is -0.675. The maximum atomic E-state index is 11.7. The van der Waals surface area contributed by atoms with E-state index in [1.165, 1.54) is 19.1 Å². The Kier molecular flexibility index (Phi) is 6.88. The molecule has 0 heterocycles. The molecule has 0 fully saturated rings. The minimum atomic E-state index is -0.675. The lowest BCUT2D eigenvalue weighted by Gasteiger charge is -2.20. The van der Waals surface area contributed by atoms with Crippen molar-refractivity contribution < 1.29 is 19.1 Å². The van der Waals surface area contributed by atoms with Crippen LogP contribution < -0.4 is 10.6 Å². The van der Waals surface area contributed by atoms with Gasteiger partial charge in [-0.3, -0.25) is 14.4 Å². The Morgan fingerprint density at radius 1 is 1.35 bits per heavy atom. The highest BCUT2D eigenvalue weighted by atomic mass is 16.5. The summed E-state index contributed by atoms with van der Waals surface area (Å²) in [5.74, 6) is -1.13. The minimum absolute atomic E-state index is 0.137. The normalized spacial score (nSPS) is 11.5. The molecule has 0 aromatic carbocycles. The number of hydrogen-bond donors (Lipinski definition) is 2. The molecule has 0 aliphatic rings. The molecule has 2 N–H and O–H groups in total. The van der Waals surface area contributed by atoms with Crippen LogP contribution in [0.25, 0.3) is 0 Å². The van der Waals surface area contributed by atoms with E-state index in [4.69, 9.17) is 0 Å². The van der Waals surface area contributed by atoms with E-state index in [1.807, 2.05) is 0 Å². The average molecular weight is 245 g/mol. The molecule has 98 valence electrons. The van der Waals surface area contributed by atoms with Gasteiger partial charge in [0, 0.05) is 7.05 Å². The van der Waals surface area contributed by atoms with Gasteiger partial charge in [0.15, 0.2) is 0 Å². The van der Waals surface area contributed by atoms with Crippen molar-refractivity contribution in [2.45, 2.75) is 13.0 Å². The van der Waals surface area contributed by atoms with Gasteiger partial charge in [0.1, 0.15) is 12.6 Å². The molecule has 0 spiro atoms. The third kappa shape index (κ3) is 5.86. The Balaban J connectivity index is 4.20. The predicted molar refractivity (Wildman–Crippen MR) is 61.2 cm³/mol. The molecule has 0 bridgehead atoms. The number of methoxy groups -OCH3 is 1. The van der Waals surface area contributed by atoms with Crippen molar-refractivity contribution in [2.75, 3.05) is 34.3 Å². The highest BCUT2D eigenvalue weighted by Gasteiger charge is 2.20. The highest BCUT2D eigenvalue weighted by molar-refractivity contribution is 5.89. The first kappa shape index (κ1) is 15.4. The predicted octanol–water partition coefficient (Wildman–Crippen LogP) is -1.66. The molecule has 1 unspecified atom stereocenters. The Labute approximate surface area is 100 Å². The van der Waals surface area contributed by atoms with Gasteiger partial charge in [-0.15, -0.1) is 0 Å². The smallest absolute Gasteiger partial charge is 0.325 e. The molecule has 0 aliphatic carbocycles. The van der Waals surface area contributed by atoms with Crippen molar-refractivity contribution in [3.63, 3.8) is 0 Å². The van der Waals surface area contributed by atoms with Crippen LogP contribution in [0.4, 0.5) is 0 Å². The molecule has 0 saturated carbocycles. The maximum Gasteiger partial charge on any atom is 0.325 e. The van der Waals surface area contributed by atoms with Gasteiger partial charge in [0.25, 0.3) is 0 Å². The molecule has 0 radical (unpaired) electrons. The fourth-order valence-corrected chi connectivity index (χ4v) is 1.18. The Morgan fingerprint density at radius 3 is 2.41 bits per heavy atom. The van der Waals surface area contributed by atoms with Gasteiger partial charge >= 0.3 is 5.97 Å². The first-order chi connectivity index (χ1) is 7.92. The quantitative estimate of drug-likeness (QED) is 0.547. The zero-order valence-electron chi connectivity index (χ0n) is 10.6. The molecule has 0 saturated heterocycles. The lowest BCUT2D eigenvalue weighted by Crippen LogP contribution is -2.48. The lowest BCUT2D eigenvalue weighted by atomic mass is 10.3. The van der Waals surface area contributed by atoms with Crippen molar-refractivity contribution in [1.82, 2.24) is 15.5 Å². The van der Waals surface area contributed by atoms with Crippen LogP contribution in [0.5, 0.6) is 0 Å². The molecule has 7 heteroatoms. The molecule has 0 aromatic heterocycles. The van der Waals surface area contributed by atoms with Crippen molar-refractivity contribution in [3.8, 4) is 0 Å². The van der Waals surface area contributed by atoms with Crippen LogP contribution in [0, 0.1) is 0 Å². The van der Waals surface area contributed by atoms with E-state index in [2.05, 4.69) is 15.4 Å². The van der Waals surface area contributed by atoms with E-state index in [0.29, 0.717) is 0 Å². The standard InChI is InChI=1S/C10H19N3O4/c1-7(12-8(14)5-11-2)10(16)13(3)6-9(15)17-4/h7,11H,5-6H2,1-4H3,(H,12,14). The summed E-state index contributed by atoms with van der Waals surface area (Å²) in [5, 5.41) is 5.18. The fourth-order valence-electron chi connectivity index (χ4n) is 1.18. The van der Waals surface area contributed by atoms with E-state index >= 15 is 0 Å². The number of ether oxygens (including phenoxy) is 1. The molecule has 17 heavy (non-hydrogen) atoms. The van der Waals surface area contributed by atoms with Crippen LogP contribution in [0.3, 0.4) is 0 Å². The van der Waals surface area contributed by atoms with Crippen molar-refractivity contribution in [2.24, 2.45) is 0 Å². The first-order valence-corrected chi connectivity index (χ1v) is 5.18. The number of esters is 1. The monoisotopic (exact) mass is 245 g/mol. The van der Waals surface area contributed by atoms with Crippen LogP contribution in [0.1, 0.15) is 6.92 Å². The third-order valence-electron chi connectivity index (χ3n) is 2.06. The molecule has 0 aliphatic heterocycles. The number of likely N-dealkylation sites (N-methyl/N-ethyl adjacent to an activating group) is 2. The number of carbonyl (C=O) groups is 3. The molecule has 0 rings (SSSR count). The molecule has 2 amide bonds. The van der Waals surface area contributed by atoms with E-state index in [0.717, 1.165) is 0 Å². The van der Waals surface area contributed by atoms with Crippen molar-refractivity contribution in [1.29, 1.82) is 0 Å². The number of nitrogens with zero attached hydrogens (tertiary/aromatic N) is 1. The second-order valence-corrected chi connectivity index (χ2v) is 3.59. The summed E-state index contributed by atoms with van der Waals surface area (Å²) in [7, 11) is 4.36. The molecule has 1 atom stereocenters. The van der Waals surface area contributed by atoms with E-state index in [-0.39, 0.29) is 24.9 Å². The van der Waals surface area contributed by atoms with Gasteiger partial charge in [0.2, 0.25) is 11.8 Å². The van der Waals surface area contributed by atoms with Crippen LogP contribution >= 0.6 is 0 Å². The fraction of sp³-hybridized carbons (Fsp3) is 0.700. The number of nitrogens with one attached hydrogen (secondary N) is 2. The van der Waals surface area contributed by atoms with Crippen LogP contribution in [-0.2, 0) is 19.1 Å².